The predicted octanol–water partition coefficient (Wildman–Crippen LogP) is 0.795. The highest BCUT2D eigenvalue weighted by atomic mass is 16.6. The smallest absolute Gasteiger partial charge is 0.184 e. The lowest BCUT2D eigenvalue weighted by Gasteiger charge is -2.20. The van der Waals surface area contributed by atoms with Crippen LogP contribution in [-0.2, 0) is 9.53 Å². The lowest BCUT2D eigenvalue weighted by Crippen LogP contribution is -2.31. The molecule has 2 atom stereocenters. The van der Waals surface area contributed by atoms with Gasteiger partial charge in [0.2, 0.25) is 0 Å². The van der Waals surface area contributed by atoms with Crippen LogP contribution in [0.25, 0.3) is 0 Å². The van der Waals surface area contributed by atoms with E-state index >= 15 is 0 Å². The highest BCUT2D eigenvalue weighted by Gasteiger charge is 2.22. The summed E-state index contributed by atoms with van der Waals surface area (Å²) in [5.41, 5.74) is 0. The van der Waals surface area contributed by atoms with E-state index in [2.05, 4.69) is 6.58 Å². The summed E-state index contributed by atoms with van der Waals surface area (Å²) < 4.78 is 4.97. The summed E-state index contributed by atoms with van der Waals surface area (Å²) in [6.07, 6.45) is 4.30. The van der Waals surface area contributed by atoms with E-state index in [1.165, 1.54) is 12.2 Å². The van der Waals surface area contributed by atoms with Crippen molar-refractivity contribution >= 4 is 5.78 Å². The first kappa shape index (κ1) is 9.16. The Bertz CT molecular complexity index is 208. The first-order valence-electron chi connectivity index (χ1n) is 3.90. The maximum atomic E-state index is 11.1. The number of hydrogen-bond donors (Lipinski definition) is 1. The molecule has 66 valence electrons. The molecule has 0 aromatic rings. The van der Waals surface area contributed by atoms with Crippen molar-refractivity contribution in [2.24, 2.45) is 0 Å². The molecule has 0 bridgehead atoms. The van der Waals surface area contributed by atoms with Gasteiger partial charge in [0, 0.05) is 0 Å². The van der Waals surface area contributed by atoms with Gasteiger partial charge in [-0.15, -0.1) is 6.58 Å². The molecule has 1 rings (SSSR count). The van der Waals surface area contributed by atoms with Crippen molar-refractivity contribution in [3.63, 3.8) is 0 Å². The van der Waals surface area contributed by atoms with Crippen LogP contribution >= 0.6 is 0 Å². The summed E-state index contributed by atoms with van der Waals surface area (Å²) in [5, 5.41) is 9.01. The summed E-state index contributed by atoms with van der Waals surface area (Å²) in [6.45, 7) is 3.54. The van der Waals surface area contributed by atoms with Gasteiger partial charge in [0.05, 0.1) is 0 Å². The normalized spacial score (nSPS) is 28.9. The van der Waals surface area contributed by atoms with Gasteiger partial charge in [-0.1, -0.05) is 6.08 Å². The van der Waals surface area contributed by atoms with E-state index in [4.69, 9.17) is 9.84 Å². The Hall–Kier alpha value is -0.930. The molecule has 0 aromatic carbocycles. The number of aliphatic hydroxyl groups excluding tert-OH is 1. The molecule has 0 saturated carbocycles. The fourth-order valence-electron chi connectivity index (χ4n) is 1.04. The molecule has 0 radical (unpaired) electrons. The minimum Gasteiger partial charge on any atom is -0.365 e. The largest absolute Gasteiger partial charge is 0.365 e. The molecule has 1 N–H and O–H groups in total. The van der Waals surface area contributed by atoms with Gasteiger partial charge in [0.25, 0.3) is 0 Å². The van der Waals surface area contributed by atoms with E-state index < -0.39 is 12.4 Å². The maximum absolute atomic E-state index is 11.1. The molecule has 1 aliphatic rings. The third kappa shape index (κ3) is 2.29. The van der Waals surface area contributed by atoms with Crippen molar-refractivity contribution in [2.75, 3.05) is 0 Å². The van der Waals surface area contributed by atoms with Crippen molar-refractivity contribution in [3.8, 4) is 0 Å². The zero-order valence-corrected chi connectivity index (χ0v) is 6.77. The van der Waals surface area contributed by atoms with Crippen LogP contribution in [0.4, 0.5) is 0 Å². The first-order chi connectivity index (χ1) is 5.74. The Morgan fingerprint density at radius 1 is 1.75 bits per heavy atom. The van der Waals surface area contributed by atoms with Crippen molar-refractivity contribution in [3.05, 3.63) is 24.8 Å². The molecule has 3 nitrogen and oxygen atoms in total. The van der Waals surface area contributed by atoms with Crippen molar-refractivity contribution in [1.82, 2.24) is 0 Å². The monoisotopic (exact) mass is 168 g/mol. The van der Waals surface area contributed by atoms with E-state index in [-0.39, 0.29) is 5.78 Å². The molecule has 0 spiro atoms. The summed E-state index contributed by atoms with van der Waals surface area (Å²) >= 11 is 0. The molecule has 0 saturated heterocycles. The molecule has 0 unspecified atom stereocenters. The summed E-state index contributed by atoms with van der Waals surface area (Å²) in [5.74, 6) is -0.0813. The molecular formula is C9H12O3. The van der Waals surface area contributed by atoms with E-state index in [1.54, 1.807) is 6.08 Å². The SMILES string of the molecule is C=CCC[C@@H]1O[C@@H](O)C=CC1=O. The molecule has 1 aliphatic heterocycles. The quantitative estimate of drug-likeness (QED) is 0.634. The molecule has 0 aliphatic carbocycles. The Kier molecular flexibility index (Phi) is 3.19. The van der Waals surface area contributed by atoms with Crippen molar-refractivity contribution in [2.45, 2.75) is 25.2 Å². The first-order valence-corrected chi connectivity index (χ1v) is 3.90. The number of rotatable bonds is 3. The van der Waals surface area contributed by atoms with Crippen LogP contribution < -0.4 is 0 Å². The van der Waals surface area contributed by atoms with E-state index in [1.807, 2.05) is 0 Å². The number of hydrogen-bond acceptors (Lipinski definition) is 3. The lowest BCUT2D eigenvalue weighted by atomic mass is 10.1. The average molecular weight is 168 g/mol. The Morgan fingerprint density at radius 3 is 3.17 bits per heavy atom. The molecule has 0 fully saturated rings. The number of carbonyl (C=O) groups is 1. The minimum atomic E-state index is -0.933. The van der Waals surface area contributed by atoms with Crippen LogP contribution in [0.1, 0.15) is 12.8 Å². The summed E-state index contributed by atoms with van der Waals surface area (Å²) in [6, 6.07) is 0. The summed E-state index contributed by atoms with van der Waals surface area (Å²) in [7, 11) is 0. The zero-order valence-electron chi connectivity index (χ0n) is 6.77. The van der Waals surface area contributed by atoms with Gasteiger partial charge in [0.15, 0.2) is 12.1 Å². The number of carbonyl (C=O) groups excluding carboxylic acids is 1. The van der Waals surface area contributed by atoms with Crippen LogP contribution in [0.2, 0.25) is 0 Å². The van der Waals surface area contributed by atoms with Gasteiger partial charge in [0.1, 0.15) is 6.10 Å². The molecule has 12 heavy (non-hydrogen) atoms. The molecule has 3 heteroatoms. The highest BCUT2D eigenvalue weighted by molar-refractivity contribution is 5.94. The Labute approximate surface area is 71.3 Å². The van der Waals surface area contributed by atoms with E-state index in [9.17, 15) is 4.79 Å². The van der Waals surface area contributed by atoms with Gasteiger partial charge >= 0.3 is 0 Å². The van der Waals surface area contributed by atoms with Gasteiger partial charge in [-0.2, -0.15) is 0 Å². The second-order valence-electron chi connectivity index (χ2n) is 2.64. The average Bonchev–Trinajstić information content (AvgIpc) is 2.07. The zero-order chi connectivity index (χ0) is 8.97. The molecule has 1 heterocycles. The second-order valence-corrected chi connectivity index (χ2v) is 2.64. The lowest BCUT2D eigenvalue weighted by molar-refractivity contribution is -0.148. The van der Waals surface area contributed by atoms with Crippen molar-refractivity contribution < 1.29 is 14.6 Å². The third-order valence-corrected chi connectivity index (χ3v) is 1.68. The van der Waals surface area contributed by atoms with E-state index in [0.717, 1.165) is 6.42 Å². The highest BCUT2D eigenvalue weighted by Crippen LogP contribution is 2.12. The number of ketones is 1. The van der Waals surface area contributed by atoms with Gasteiger partial charge in [-0.3, -0.25) is 4.79 Å². The summed E-state index contributed by atoms with van der Waals surface area (Å²) in [4.78, 5) is 11.1. The van der Waals surface area contributed by atoms with Crippen LogP contribution in [0.15, 0.2) is 24.8 Å². The third-order valence-electron chi connectivity index (χ3n) is 1.68. The molecule has 0 amide bonds. The fourth-order valence-corrected chi connectivity index (χ4v) is 1.04. The number of ether oxygens (including phenoxy) is 1. The number of allylic oxidation sites excluding steroid dienone is 1. The molecule has 0 aromatic heterocycles. The van der Waals surface area contributed by atoms with Crippen LogP contribution in [0, 0.1) is 0 Å². The maximum Gasteiger partial charge on any atom is 0.184 e. The predicted molar refractivity (Wildman–Crippen MR) is 44.5 cm³/mol. The van der Waals surface area contributed by atoms with Crippen LogP contribution in [-0.4, -0.2) is 23.3 Å². The topological polar surface area (TPSA) is 46.5 Å². The van der Waals surface area contributed by atoms with Gasteiger partial charge < -0.3 is 9.84 Å². The van der Waals surface area contributed by atoms with Gasteiger partial charge in [-0.05, 0) is 25.0 Å². The number of aliphatic hydroxyl groups is 1. The van der Waals surface area contributed by atoms with Crippen LogP contribution in [0.3, 0.4) is 0 Å². The van der Waals surface area contributed by atoms with Crippen LogP contribution in [0.5, 0.6) is 0 Å². The standard InChI is InChI=1S/C9H12O3/c1-2-3-4-8-7(10)5-6-9(11)12-8/h2,5-6,8-9,11H,1,3-4H2/t8-,9+/m0/s1. The molecular weight excluding hydrogens is 156 g/mol. The van der Waals surface area contributed by atoms with Crippen molar-refractivity contribution in [1.29, 1.82) is 0 Å². The minimum absolute atomic E-state index is 0.0813. The Morgan fingerprint density at radius 2 is 2.50 bits per heavy atom. The van der Waals surface area contributed by atoms with Gasteiger partial charge in [-0.25, -0.2) is 0 Å². The van der Waals surface area contributed by atoms with E-state index in [0.29, 0.717) is 6.42 Å². The Balaban J connectivity index is 2.48. The second kappa shape index (κ2) is 4.18. The fraction of sp³-hybridized carbons (Fsp3) is 0.444.